The number of hydrogen-bond acceptors (Lipinski definition) is 4. The largest absolute Gasteiger partial charge is 0.496 e. The molecule has 0 spiro atoms. The summed E-state index contributed by atoms with van der Waals surface area (Å²) in [5, 5.41) is 3.60. The number of nitrogens with one attached hydrogen (secondary N) is 1. The number of aryl methyl sites for hydroxylation is 1. The molecule has 0 saturated carbocycles. The molecule has 1 heterocycles. The minimum atomic E-state index is 0.480. The molecule has 0 aliphatic carbocycles. The van der Waals surface area contributed by atoms with Gasteiger partial charge in [0, 0.05) is 41.2 Å². The van der Waals surface area contributed by atoms with E-state index in [1.54, 1.807) is 7.11 Å². The standard InChI is InChI=1S/C15H26N2OS/c1-6-7-16-13(10-19-5)8-14-12(3)15(18-4)11(2)9-17-14/h9,13,16H,6-8,10H2,1-5H3. The highest BCUT2D eigenvalue weighted by Gasteiger charge is 2.14. The summed E-state index contributed by atoms with van der Waals surface area (Å²) in [6.45, 7) is 7.40. The summed E-state index contributed by atoms with van der Waals surface area (Å²) in [7, 11) is 1.73. The highest BCUT2D eigenvalue weighted by molar-refractivity contribution is 7.98. The molecule has 0 aliphatic rings. The summed E-state index contributed by atoms with van der Waals surface area (Å²) in [4.78, 5) is 4.59. The molecule has 1 rings (SSSR count). The van der Waals surface area contributed by atoms with Crippen molar-refractivity contribution < 1.29 is 4.74 Å². The van der Waals surface area contributed by atoms with E-state index >= 15 is 0 Å². The van der Waals surface area contributed by atoms with Crippen LogP contribution in [0.4, 0.5) is 0 Å². The van der Waals surface area contributed by atoms with Gasteiger partial charge in [-0.3, -0.25) is 4.98 Å². The summed E-state index contributed by atoms with van der Waals surface area (Å²) in [6, 6.07) is 0.480. The summed E-state index contributed by atoms with van der Waals surface area (Å²) < 4.78 is 5.47. The Balaban J connectivity index is 2.83. The van der Waals surface area contributed by atoms with Gasteiger partial charge in [-0.15, -0.1) is 0 Å². The third-order valence-electron chi connectivity index (χ3n) is 3.24. The van der Waals surface area contributed by atoms with Gasteiger partial charge in [0.05, 0.1) is 7.11 Å². The number of thioether (sulfide) groups is 1. The van der Waals surface area contributed by atoms with Gasteiger partial charge in [-0.1, -0.05) is 6.92 Å². The van der Waals surface area contributed by atoms with E-state index < -0.39 is 0 Å². The van der Waals surface area contributed by atoms with E-state index in [4.69, 9.17) is 4.74 Å². The Morgan fingerprint density at radius 2 is 2.16 bits per heavy atom. The molecule has 1 N–H and O–H groups in total. The molecular formula is C15H26N2OS. The van der Waals surface area contributed by atoms with E-state index in [-0.39, 0.29) is 0 Å². The molecule has 0 fully saturated rings. The molecular weight excluding hydrogens is 256 g/mol. The van der Waals surface area contributed by atoms with Crippen LogP contribution in [-0.4, -0.2) is 36.7 Å². The highest BCUT2D eigenvalue weighted by atomic mass is 32.2. The zero-order valence-corrected chi connectivity index (χ0v) is 13.6. The van der Waals surface area contributed by atoms with Crippen molar-refractivity contribution in [1.29, 1.82) is 0 Å². The number of aromatic nitrogens is 1. The van der Waals surface area contributed by atoms with Gasteiger partial charge in [0.1, 0.15) is 5.75 Å². The molecule has 0 radical (unpaired) electrons. The van der Waals surface area contributed by atoms with Gasteiger partial charge in [-0.25, -0.2) is 0 Å². The van der Waals surface area contributed by atoms with Crippen LogP contribution in [0.25, 0.3) is 0 Å². The van der Waals surface area contributed by atoms with Crippen molar-refractivity contribution in [3.05, 3.63) is 23.0 Å². The maximum absolute atomic E-state index is 5.47. The molecule has 3 nitrogen and oxygen atoms in total. The number of rotatable bonds is 8. The number of nitrogens with zero attached hydrogens (tertiary/aromatic N) is 1. The van der Waals surface area contributed by atoms with Crippen molar-refractivity contribution in [2.75, 3.05) is 25.7 Å². The fraction of sp³-hybridized carbons (Fsp3) is 0.667. The van der Waals surface area contributed by atoms with Crippen molar-refractivity contribution >= 4 is 11.8 Å². The fourth-order valence-electron chi connectivity index (χ4n) is 2.25. The van der Waals surface area contributed by atoms with Crippen LogP contribution in [0.5, 0.6) is 5.75 Å². The van der Waals surface area contributed by atoms with Gasteiger partial charge in [-0.2, -0.15) is 11.8 Å². The lowest BCUT2D eigenvalue weighted by molar-refractivity contribution is 0.406. The fourth-order valence-corrected chi connectivity index (χ4v) is 2.89. The molecule has 1 aromatic heterocycles. The third kappa shape index (κ3) is 4.69. The van der Waals surface area contributed by atoms with Gasteiger partial charge in [0.2, 0.25) is 0 Å². The van der Waals surface area contributed by atoms with Crippen LogP contribution in [0, 0.1) is 13.8 Å². The lowest BCUT2D eigenvalue weighted by atomic mass is 10.1. The molecule has 19 heavy (non-hydrogen) atoms. The minimum absolute atomic E-state index is 0.480. The SMILES string of the molecule is CCCNC(CSC)Cc1ncc(C)c(OC)c1C. The van der Waals surface area contributed by atoms with Crippen LogP contribution >= 0.6 is 11.8 Å². The minimum Gasteiger partial charge on any atom is -0.496 e. The number of hydrogen-bond donors (Lipinski definition) is 1. The lowest BCUT2D eigenvalue weighted by Crippen LogP contribution is -2.34. The molecule has 0 saturated heterocycles. The first-order valence-electron chi connectivity index (χ1n) is 6.85. The van der Waals surface area contributed by atoms with Gasteiger partial charge < -0.3 is 10.1 Å². The second-order valence-corrected chi connectivity index (χ2v) is 5.77. The normalized spacial score (nSPS) is 12.5. The Bertz CT molecular complexity index is 396. The molecule has 0 amide bonds. The van der Waals surface area contributed by atoms with Gasteiger partial charge >= 0.3 is 0 Å². The molecule has 108 valence electrons. The Morgan fingerprint density at radius 3 is 2.74 bits per heavy atom. The molecule has 4 heteroatoms. The second kappa shape index (κ2) is 8.43. The van der Waals surface area contributed by atoms with Crippen molar-refractivity contribution in [3.63, 3.8) is 0 Å². The quantitative estimate of drug-likeness (QED) is 0.795. The summed E-state index contributed by atoms with van der Waals surface area (Å²) in [6.07, 6.45) is 6.19. The number of ether oxygens (including phenoxy) is 1. The lowest BCUT2D eigenvalue weighted by Gasteiger charge is -2.19. The van der Waals surface area contributed by atoms with Crippen molar-refractivity contribution in [2.45, 2.75) is 39.7 Å². The Kier molecular flexibility index (Phi) is 7.24. The van der Waals surface area contributed by atoms with E-state index in [1.807, 2.05) is 24.9 Å². The molecule has 0 aliphatic heterocycles. The van der Waals surface area contributed by atoms with Crippen molar-refractivity contribution in [3.8, 4) is 5.75 Å². The topological polar surface area (TPSA) is 34.2 Å². The Labute approximate surface area is 121 Å². The van der Waals surface area contributed by atoms with E-state index in [1.165, 1.54) is 5.56 Å². The number of pyridine rings is 1. The van der Waals surface area contributed by atoms with Crippen LogP contribution in [0.3, 0.4) is 0 Å². The first-order valence-corrected chi connectivity index (χ1v) is 8.24. The van der Waals surface area contributed by atoms with Crippen LogP contribution in [-0.2, 0) is 6.42 Å². The van der Waals surface area contributed by atoms with E-state index in [0.29, 0.717) is 6.04 Å². The molecule has 0 bridgehead atoms. The Morgan fingerprint density at radius 1 is 1.42 bits per heavy atom. The predicted octanol–water partition coefficient (Wildman–Crippen LogP) is 2.98. The zero-order valence-electron chi connectivity index (χ0n) is 12.7. The average molecular weight is 282 g/mol. The summed E-state index contributed by atoms with van der Waals surface area (Å²) in [5.41, 5.74) is 3.42. The first kappa shape index (κ1) is 16.3. The third-order valence-corrected chi connectivity index (χ3v) is 3.98. The van der Waals surface area contributed by atoms with Gasteiger partial charge in [-0.05, 0) is 33.1 Å². The first-order chi connectivity index (χ1) is 9.13. The summed E-state index contributed by atoms with van der Waals surface area (Å²) >= 11 is 1.88. The Hall–Kier alpha value is -0.740. The van der Waals surface area contributed by atoms with E-state index in [9.17, 15) is 0 Å². The van der Waals surface area contributed by atoms with E-state index in [2.05, 4.69) is 30.4 Å². The number of methoxy groups -OCH3 is 1. The smallest absolute Gasteiger partial charge is 0.128 e. The molecule has 1 unspecified atom stereocenters. The maximum Gasteiger partial charge on any atom is 0.128 e. The molecule has 1 aromatic rings. The van der Waals surface area contributed by atoms with Crippen LogP contribution < -0.4 is 10.1 Å². The predicted molar refractivity (Wildman–Crippen MR) is 84.4 cm³/mol. The van der Waals surface area contributed by atoms with Crippen LogP contribution in [0.1, 0.15) is 30.2 Å². The van der Waals surface area contributed by atoms with Crippen molar-refractivity contribution in [2.24, 2.45) is 0 Å². The van der Waals surface area contributed by atoms with Gasteiger partial charge in [0.15, 0.2) is 0 Å². The molecule has 0 aromatic carbocycles. The zero-order chi connectivity index (χ0) is 14.3. The highest BCUT2D eigenvalue weighted by Crippen LogP contribution is 2.24. The monoisotopic (exact) mass is 282 g/mol. The maximum atomic E-state index is 5.47. The average Bonchev–Trinajstić information content (AvgIpc) is 2.40. The van der Waals surface area contributed by atoms with Crippen LogP contribution in [0.2, 0.25) is 0 Å². The van der Waals surface area contributed by atoms with Gasteiger partial charge in [0.25, 0.3) is 0 Å². The van der Waals surface area contributed by atoms with Crippen molar-refractivity contribution in [1.82, 2.24) is 10.3 Å². The summed E-state index contributed by atoms with van der Waals surface area (Å²) in [5.74, 6) is 2.08. The van der Waals surface area contributed by atoms with E-state index in [0.717, 1.165) is 42.1 Å². The second-order valence-electron chi connectivity index (χ2n) is 4.86. The molecule has 1 atom stereocenters. The van der Waals surface area contributed by atoms with Crippen LogP contribution in [0.15, 0.2) is 6.20 Å².